The minimum absolute atomic E-state index is 0.410. The Bertz CT molecular complexity index is 485. The SMILES string of the molecule is CN(CC1CC2CCC1C2)c1ccccc1C(=O)O. The van der Waals surface area contributed by atoms with Gasteiger partial charge >= 0.3 is 5.97 Å². The van der Waals surface area contributed by atoms with E-state index in [-0.39, 0.29) is 0 Å². The Kier molecular flexibility index (Phi) is 3.21. The molecule has 0 heterocycles. The lowest BCUT2D eigenvalue weighted by Crippen LogP contribution is -2.29. The Labute approximate surface area is 114 Å². The molecule has 0 aromatic heterocycles. The Morgan fingerprint density at radius 3 is 2.74 bits per heavy atom. The molecule has 0 aliphatic heterocycles. The molecule has 3 nitrogen and oxygen atoms in total. The monoisotopic (exact) mass is 259 g/mol. The number of hydrogen-bond donors (Lipinski definition) is 1. The number of hydrogen-bond acceptors (Lipinski definition) is 2. The molecule has 3 heteroatoms. The predicted octanol–water partition coefficient (Wildman–Crippen LogP) is 3.26. The van der Waals surface area contributed by atoms with Crippen molar-refractivity contribution in [2.45, 2.75) is 25.7 Å². The first-order chi connectivity index (χ1) is 9.15. The molecule has 1 N–H and O–H groups in total. The van der Waals surface area contributed by atoms with Gasteiger partial charge in [-0.1, -0.05) is 18.6 Å². The van der Waals surface area contributed by atoms with Gasteiger partial charge in [0, 0.05) is 13.6 Å². The quantitative estimate of drug-likeness (QED) is 0.902. The van der Waals surface area contributed by atoms with Crippen molar-refractivity contribution in [1.82, 2.24) is 0 Å². The van der Waals surface area contributed by atoms with E-state index in [1.165, 1.54) is 25.7 Å². The lowest BCUT2D eigenvalue weighted by molar-refractivity contribution is 0.0697. The van der Waals surface area contributed by atoms with Crippen LogP contribution in [-0.2, 0) is 0 Å². The normalized spacial score (nSPS) is 28.6. The van der Waals surface area contributed by atoms with Gasteiger partial charge in [-0.3, -0.25) is 0 Å². The van der Waals surface area contributed by atoms with Crippen LogP contribution in [0, 0.1) is 17.8 Å². The van der Waals surface area contributed by atoms with Crippen molar-refractivity contribution in [2.24, 2.45) is 17.8 Å². The van der Waals surface area contributed by atoms with Crippen molar-refractivity contribution in [2.75, 3.05) is 18.5 Å². The molecule has 1 aromatic carbocycles. The number of carboxylic acid groups (broad SMARTS) is 1. The van der Waals surface area contributed by atoms with Crippen molar-refractivity contribution in [3.8, 4) is 0 Å². The van der Waals surface area contributed by atoms with E-state index in [0.29, 0.717) is 5.56 Å². The molecule has 2 aliphatic carbocycles. The lowest BCUT2D eigenvalue weighted by Gasteiger charge is -2.29. The highest BCUT2D eigenvalue weighted by molar-refractivity contribution is 5.94. The van der Waals surface area contributed by atoms with Gasteiger partial charge in [0.15, 0.2) is 0 Å². The summed E-state index contributed by atoms with van der Waals surface area (Å²) in [6.07, 6.45) is 5.53. The Balaban J connectivity index is 1.74. The van der Waals surface area contributed by atoms with Gasteiger partial charge in [0.05, 0.1) is 11.3 Å². The summed E-state index contributed by atoms with van der Waals surface area (Å²) in [4.78, 5) is 13.4. The molecule has 0 radical (unpaired) electrons. The van der Waals surface area contributed by atoms with Crippen LogP contribution in [0.25, 0.3) is 0 Å². The van der Waals surface area contributed by atoms with Gasteiger partial charge in [0.1, 0.15) is 0 Å². The summed E-state index contributed by atoms with van der Waals surface area (Å²) in [6, 6.07) is 7.31. The Morgan fingerprint density at radius 2 is 2.11 bits per heavy atom. The van der Waals surface area contributed by atoms with Gasteiger partial charge in [0.25, 0.3) is 0 Å². The smallest absolute Gasteiger partial charge is 0.337 e. The maximum Gasteiger partial charge on any atom is 0.337 e. The summed E-state index contributed by atoms with van der Waals surface area (Å²) < 4.78 is 0. The molecule has 1 aromatic rings. The summed E-state index contributed by atoms with van der Waals surface area (Å²) in [5, 5.41) is 9.25. The third-order valence-electron chi connectivity index (χ3n) is 4.94. The van der Waals surface area contributed by atoms with E-state index < -0.39 is 5.97 Å². The summed E-state index contributed by atoms with van der Waals surface area (Å²) in [5.41, 5.74) is 1.26. The molecule has 3 rings (SSSR count). The van der Waals surface area contributed by atoms with Gasteiger partial charge in [-0.2, -0.15) is 0 Å². The van der Waals surface area contributed by atoms with Crippen LogP contribution in [0.4, 0.5) is 5.69 Å². The number of benzene rings is 1. The average Bonchev–Trinajstić information content (AvgIpc) is 3.01. The van der Waals surface area contributed by atoms with E-state index in [9.17, 15) is 9.90 Å². The van der Waals surface area contributed by atoms with E-state index >= 15 is 0 Å². The minimum Gasteiger partial charge on any atom is -0.478 e. The van der Waals surface area contributed by atoms with Gasteiger partial charge < -0.3 is 10.0 Å². The molecule has 0 amide bonds. The van der Waals surface area contributed by atoms with Crippen LogP contribution in [-0.4, -0.2) is 24.7 Å². The fraction of sp³-hybridized carbons (Fsp3) is 0.562. The molecule has 102 valence electrons. The van der Waals surface area contributed by atoms with Crippen molar-refractivity contribution < 1.29 is 9.90 Å². The van der Waals surface area contributed by atoms with E-state index in [2.05, 4.69) is 4.90 Å². The van der Waals surface area contributed by atoms with Gasteiger partial charge in [-0.05, 0) is 49.1 Å². The minimum atomic E-state index is -0.838. The molecular weight excluding hydrogens is 238 g/mol. The molecule has 2 saturated carbocycles. The number of nitrogens with zero attached hydrogens (tertiary/aromatic N) is 1. The first-order valence-electron chi connectivity index (χ1n) is 7.18. The third kappa shape index (κ3) is 2.34. The number of anilines is 1. The zero-order valence-electron chi connectivity index (χ0n) is 11.4. The molecule has 0 saturated heterocycles. The highest BCUT2D eigenvalue weighted by Crippen LogP contribution is 2.48. The highest BCUT2D eigenvalue weighted by atomic mass is 16.4. The van der Waals surface area contributed by atoms with Crippen molar-refractivity contribution in [3.63, 3.8) is 0 Å². The first-order valence-corrected chi connectivity index (χ1v) is 7.18. The van der Waals surface area contributed by atoms with Crippen LogP contribution in [0.15, 0.2) is 24.3 Å². The first kappa shape index (κ1) is 12.5. The van der Waals surface area contributed by atoms with E-state index in [0.717, 1.165) is 30.0 Å². The Hall–Kier alpha value is -1.51. The number of fused-ring (bicyclic) bond motifs is 2. The molecule has 2 bridgehead atoms. The maximum atomic E-state index is 11.3. The second-order valence-electron chi connectivity index (χ2n) is 6.14. The second-order valence-corrected chi connectivity index (χ2v) is 6.14. The molecule has 2 aliphatic rings. The highest BCUT2D eigenvalue weighted by Gasteiger charge is 2.39. The van der Waals surface area contributed by atoms with Gasteiger partial charge in [0.2, 0.25) is 0 Å². The summed E-state index contributed by atoms with van der Waals surface area (Å²) in [5.74, 6) is 1.74. The molecule has 19 heavy (non-hydrogen) atoms. The summed E-state index contributed by atoms with van der Waals surface area (Å²) in [6.45, 7) is 0.992. The summed E-state index contributed by atoms with van der Waals surface area (Å²) >= 11 is 0. The van der Waals surface area contributed by atoms with Crippen molar-refractivity contribution >= 4 is 11.7 Å². The standard InChI is InChI=1S/C16H21NO2/c1-17(10-13-9-11-6-7-12(13)8-11)15-5-3-2-4-14(15)16(18)19/h2-5,11-13H,6-10H2,1H3,(H,18,19). The number of carboxylic acids is 1. The van der Waals surface area contributed by atoms with E-state index in [4.69, 9.17) is 0 Å². The van der Waals surface area contributed by atoms with Crippen LogP contribution in [0.1, 0.15) is 36.0 Å². The molecule has 0 spiro atoms. The largest absolute Gasteiger partial charge is 0.478 e. The fourth-order valence-corrected chi connectivity index (χ4v) is 4.04. The van der Waals surface area contributed by atoms with E-state index in [1.54, 1.807) is 12.1 Å². The zero-order valence-corrected chi connectivity index (χ0v) is 11.4. The van der Waals surface area contributed by atoms with Gasteiger partial charge in [-0.25, -0.2) is 4.79 Å². The topological polar surface area (TPSA) is 40.5 Å². The second kappa shape index (κ2) is 4.87. The number of para-hydroxylation sites is 1. The zero-order chi connectivity index (χ0) is 13.4. The van der Waals surface area contributed by atoms with Crippen LogP contribution >= 0.6 is 0 Å². The lowest BCUT2D eigenvalue weighted by atomic mass is 9.88. The van der Waals surface area contributed by atoms with Gasteiger partial charge in [-0.15, -0.1) is 0 Å². The Morgan fingerprint density at radius 1 is 1.32 bits per heavy atom. The number of carbonyl (C=O) groups is 1. The molecular formula is C16H21NO2. The predicted molar refractivity (Wildman–Crippen MR) is 75.6 cm³/mol. The summed E-state index contributed by atoms with van der Waals surface area (Å²) in [7, 11) is 2.02. The molecule has 2 fully saturated rings. The third-order valence-corrected chi connectivity index (χ3v) is 4.94. The van der Waals surface area contributed by atoms with Crippen molar-refractivity contribution in [1.29, 1.82) is 0 Å². The van der Waals surface area contributed by atoms with Crippen LogP contribution in [0.3, 0.4) is 0 Å². The molecule has 3 unspecified atom stereocenters. The van der Waals surface area contributed by atoms with Crippen molar-refractivity contribution in [3.05, 3.63) is 29.8 Å². The van der Waals surface area contributed by atoms with Crippen LogP contribution in [0.5, 0.6) is 0 Å². The fourth-order valence-electron chi connectivity index (χ4n) is 4.04. The number of aromatic carboxylic acids is 1. The van der Waals surface area contributed by atoms with E-state index in [1.807, 2.05) is 19.2 Å². The maximum absolute atomic E-state index is 11.3. The van der Waals surface area contributed by atoms with Crippen LogP contribution < -0.4 is 4.90 Å². The average molecular weight is 259 g/mol. The van der Waals surface area contributed by atoms with Crippen LogP contribution in [0.2, 0.25) is 0 Å². The number of rotatable bonds is 4. The molecule has 3 atom stereocenters.